The summed E-state index contributed by atoms with van der Waals surface area (Å²) in [5, 5.41) is 2.00. The van der Waals surface area contributed by atoms with Crippen molar-refractivity contribution in [1.29, 1.82) is 0 Å². The summed E-state index contributed by atoms with van der Waals surface area (Å²) in [5.41, 5.74) is 12.2. The largest absolute Gasteiger partial charge is 0.369 e. The first-order chi connectivity index (χ1) is 9.20. The molecule has 102 valence electrons. The van der Waals surface area contributed by atoms with E-state index in [0.29, 0.717) is 6.54 Å². The number of amides is 1. The molecule has 0 saturated carbocycles. The minimum Gasteiger partial charge on any atom is -0.369 e. The monoisotopic (exact) mass is 279 g/mol. The number of carbonyl (C=O) groups is 1. The molecular formula is C12H17N5OS. The molecule has 1 amide bonds. The third-order valence-corrected chi connectivity index (χ3v) is 4.49. The number of hydrogen-bond acceptors (Lipinski definition) is 5. The highest BCUT2D eigenvalue weighted by molar-refractivity contribution is 7.15. The SMILES string of the molecule is NCc1c(N2CCC(C(N)=O)CC2)nc2sccn12. The van der Waals surface area contributed by atoms with Crippen molar-refractivity contribution in [2.45, 2.75) is 19.4 Å². The van der Waals surface area contributed by atoms with Gasteiger partial charge in [0.05, 0.1) is 5.69 Å². The molecule has 0 bridgehead atoms. The highest BCUT2D eigenvalue weighted by Crippen LogP contribution is 2.28. The normalized spacial score (nSPS) is 17.2. The second kappa shape index (κ2) is 4.82. The summed E-state index contributed by atoms with van der Waals surface area (Å²) in [5.74, 6) is 0.767. The molecule has 3 heterocycles. The summed E-state index contributed by atoms with van der Waals surface area (Å²) >= 11 is 1.60. The van der Waals surface area contributed by atoms with Gasteiger partial charge in [-0.3, -0.25) is 9.20 Å². The lowest BCUT2D eigenvalue weighted by Gasteiger charge is -2.31. The Morgan fingerprint density at radius 2 is 2.21 bits per heavy atom. The van der Waals surface area contributed by atoms with Crippen LogP contribution < -0.4 is 16.4 Å². The van der Waals surface area contributed by atoms with Gasteiger partial charge in [0.25, 0.3) is 0 Å². The van der Waals surface area contributed by atoms with Crippen molar-refractivity contribution < 1.29 is 4.79 Å². The van der Waals surface area contributed by atoms with Gasteiger partial charge in [-0.2, -0.15) is 0 Å². The molecule has 0 unspecified atom stereocenters. The second-order valence-electron chi connectivity index (χ2n) is 4.81. The Kier molecular flexibility index (Phi) is 3.16. The number of fused-ring (bicyclic) bond motifs is 1. The first-order valence-corrected chi connectivity index (χ1v) is 7.27. The predicted octanol–water partition coefficient (Wildman–Crippen LogP) is 0.556. The van der Waals surface area contributed by atoms with Gasteiger partial charge in [0.15, 0.2) is 10.8 Å². The van der Waals surface area contributed by atoms with E-state index in [-0.39, 0.29) is 11.8 Å². The van der Waals surface area contributed by atoms with Gasteiger partial charge in [0.2, 0.25) is 5.91 Å². The summed E-state index contributed by atoms with van der Waals surface area (Å²) < 4.78 is 2.04. The van der Waals surface area contributed by atoms with E-state index < -0.39 is 0 Å². The fourth-order valence-electron chi connectivity index (χ4n) is 2.64. The van der Waals surface area contributed by atoms with Gasteiger partial charge in [-0.1, -0.05) is 0 Å². The van der Waals surface area contributed by atoms with Crippen molar-refractivity contribution >= 4 is 28.0 Å². The smallest absolute Gasteiger partial charge is 0.220 e. The molecule has 1 aliphatic rings. The summed E-state index contributed by atoms with van der Waals surface area (Å²) in [4.78, 5) is 19.0. The first kappa shape index (κ1) is 12.4. The van der Waals surface area contributed by atoms with Crippen molar-refractivity contribution in [2.75, 3.05) is 18.0 Å². The fraction of sp³-hybridized carbons (Fsp3) is 0.500. The summed E-state index contributed by atoms with van der Waals surface area (Å²) in [6.07, 6.45) is 3.59. The third kappa shape index (κ3) is 2.08. The molecule has 2 aromatic heterocycles. The second-order valence-corrected chi connectivity index (χ2v) is 5.68. The molecule has 1 aliphatic heterocycles. The van der Waals surface area contributed by atoms with Crippen LogP contribution in [0.2, 0.25) is 0 Å². The summed E-state index contributed by atoms with van der Waals surface area (Å²) in [6.45, 7) is 2.08. The molecule has 0 aromatic carbocycles. The fourth-order valence-corrected chi connectivity index (χ4v) is 3.37. The minimum absolute atomic E-state index is 0.00121. The quantitative estimate of drug-likeness (QED) is 0.859. The molecule has 3 rings (SSSR count). The van der Waals surface area contributed by atoms with Crippen LogP contribution in [0.25, 0.3) is 4.96 Å². The van der Waals surface area contributed by atoms with Gasteiger partial charge in [-0.05, 0) is 12.8 Å². The van der Waals surface area contributed by atoms with E-state index in [4.69, 9.17) is 11.5 Å². The van der Waals surface area contributed by atoms with Crippen LogP contribution in [0.5, 0.6) is 0 Å². The Morgan fingerprint density at radius 1 is 1.47 bits per heavy atom. The number of carbonyl (C=O) groups excluding carboxylic acids is 1. The molecule has 2 aromatic rings. The molecule has 0 aliphatic carbocycles. The van der Waals surface area contributed by atoms with E-state index >= 15 is 0 Å². The summed E-state index contributed by atoms with van der Waals surface area (Å²) in [6, 6.07) is 0. The molecular weight excluding hydrogens is 262 g/mol. The van der Waals surface area contributed by atoms with E-state index in [1.807, 2.05) is 16.0 Å². The van der Waals surface area contributed by atoms with E-state index in [1.54, 1.807) is 11.3 Å². The number of imidazole rings is 1. The molecule has 7 heteroatoms. The van der Waals surface area contributed by atoms with Crippen molar-refractivity contribution in [3.63, 3.8) is 0 Å². The van der Waals surface area contributed by atoms with Crippen molar-refractivity contribution in [3.05, 3.63) is 17.3 Å². The van der Waals surface area contributed by atoms with Gasteiger partial charge >= 0.3 is 0 Å². The number of hydrogen-bond donors (Lipinski definition) is 2. The van der Waals surface area contributed by atoms with Crippen LogP contribution in [0, 0.1) is 5.92 Å². The zero-order chi connectivity index (χ0) is 13.4. The highest BCUT2D eigenvalue weighted by Gasteiger charge is 2.26. The molecule has 0 spiro atoms. The van der Waals surface area contributed by atoms with E-state index in [0.717, 1.165) is 42.4 Å². The molecule has 0 radical (unpaired) electrons. The van der Waals surface area contributed by atoms with Crippen LogP contribution in [0.15, 0.2) is 11.6 Å². The third-order valence-electron chi connectivity index (χ3n) is 3.73. The van der Waals surface area contributed by atoms with Crippen LogP contribution in [0.3, 0.4) is 0 Å². The minimum atomic E-state index is -0.190. The maximum Gasteiger partial charge on any atom is 0.220 e. The van der Waals surface area contributed by atoms with Crippen LogP contribution in [0.4, 0.5) is 5.82 Å². The van der Waals surface area contributed by atoms with Gasteiger partial charge in [0.1, 0.15) is 0 Å². The van der Waals surface area contributed by atoms with Gasteiger partial charge < -0.3 is 16.4 Å². The maximum absolute atomic E-state index is 11.2. The lowest BCUT2D eigenvalue weighted by atomic mass is 9.96. The number of nitrogens with two attached hydrogens (primary N) is 2. The molecule has 1 saturated heterocycles. The van der Waals surface area contributed by atoms with Crippen LogP contribution in [0.1, 0.15) is 18.5 Å². The molecule has 6 nitrogen and oxygen atoms in total. The van der Waals surface area contributed by atoms with Gasteiger partial charge in [0, 0.05) is 37.1 Å². The van der Waals surface area contributed by atoms with Crippen LogP contribution in [-0.2, 0) is 11.3 Å². The van der Waals surface area contributed by atoms with E-state index in [2.05, 4.69) is 9.88 Å². The van der Waals surface area contributed by atoms with Crippen molar-refractivity contribution in [2.24, 2.45) is 17.4 Å². The Morgan fingerprint density at radius 3 is 2.84 bits per heavy atom. The number of nitrogens with zero attached hydrogens (tertiary/aromatic N) is 3. The van der Waals surface area contributed by atoms with E-state index in [9.17, 15) is 4.79 Å². The number of anilines is 1. The zero-order valence-corrected chi connectivity index (χ0v) is 11.4. The zero-order valence-electron chi connectivity index (χ0n) is 10.6. The number of aromatic nitrogens is 2. The molecule has 1 fully saturated rings. The van der Waals surface area contributed by atoms with Gasteiger partial charge in [-0.15, -0.1) is 11.3 Å². The lowest BCUT2D eigenvalue weighted by Crippen LogP contribution is -2.39. The number of piperidine rings is 1. The van der Waals surface area contributed by atoms with Crippen LogP contribution >= 0.6 is 11.3 Å². The Hall–Kier alpha value is -1.60. The summed E-state index contributed by atoms with van der Waals surface area (Å²) in [7, 11) is 0. The Bertz CT molecular complexity index is 596. The van der Waals surface area contributed by atoms with Crippen LogP contribution in [-0.4, -0.2) is 28.4 Å². The average molecular weight is 279 g/mol. The topological polar surface area (TPSA) is 89.6 Å². The average Bonchev–Trinajstić information content (AvgIpc) is 2.98. The van der Waals surface area contributed by atoms with Gasteiger partial charge in [-0.25, -0.2) is 4.98 Å². The first-order valence-electron chi connectivity index (χ1n) is 6.39. The molecule has 4 N–H and O–H groups in total. The Labute approximate surface area is 115 Å². The number of rotatable bonds is 3. The standard InChI is InChI=1S/C12H17N5OS/c13-7-9-11(15-12-17(9)5-6-19-12)16-3-1-8(2-4-16)10(14)18/h5-6,8H,1-4,7,13H2,(H2,14,18). The Balaban J connectivity index is 1.85. The van der Waals surface area contributed by atoms with E-state index in [1.165, 1.54) is 0 Å². The number of thiazole rings is 1. The predicted molar refractivity (Wildman–Crippen MR) is 75.1 cm³/mol. The highest BCUT2D eigenvalue weighted by atomic mass is 32.1. The molecule has 19 heavy (non-hydrogen) atoms. The molecule has 0 atom stereocenters. The lowest BCUT2D eigenvalue weighted by molar-refractivity contribution is -0.122. The number of primary amides is 1. The van der Waals surface area contributed by atoms with Crippen molar-refractivity contribution in [3.8, 4) is 0 Å². The maximum atomic E-state index is 11.2. The van der Waals surface area contributed by atoms with Crippen molar-refractivity contribution in [1.82, 2.24) is 9.38 Å².